The van der Waals surface area contributed by atoms with Crippen molar-refractivity contribution >= 4 is 29.7 Å². The quantitative estimate of drug-likeness (QED) is 0.232. The molecule has 2 fully saturated rings. The number of allylic oxidation sites excluding steroid dienone is 4. The van der Waals surface area contributed by atoms with Crippen LogP contribution in [0.1, 0.15) is 101 Å². The summed E-state index contributed by atoms with van der Waals surface area (Å²) < 4.78 is 10.7. The van der Waals surface area contributed by atoms with Crippen LogP contribution >= 0.6 is 0 Å². The third-order valence-corrected chi connectivity index (χ3v) is 7.46. The molecule has 0 spiro atoms. The summed E-state index contributed by atoms with van der Waals surface area (Å²) in [6.07, 6.45) is 8.97. The molecule has 3 amide bonds. The van der Waals surface area contributed by atoms with E-state index < -0.39 is 40.9 Å². The molecule has 0 saturated carbocycles. The second kappa shape index (κ2) is 16.0. The van der Waals surface area contributed by atoms with Gasteiger partial charge in [-0.2, -0.15) is 0 Å². The predicted molar refractivity (Wildman–Crippen MR) is 175 cm³/mol. The number of likely N-dealkylation sites (tertiary alicyclic amines) is 2. The van der Waals surface area contributed by atoms with Crippen molar-refractivity contribution in [1.82, 2.24) is 9.80 Å². The predicted octanol–water partition coefficient (Wildman–Crippen LogP) is 7.61. The molecule has 2 rings (SSSR count). The molecule has 0 aromatic heterocycles. The molecule has 248 valence electrons. The van der Waals surface area contributed by atoms with Crippen molar-refractivity contribution in [3.8, 4) is 0 Å². The number of ether oxygens (including phenoxy) is 2. The van der Waals surface area contributed by atoms with Crippen LogP contribution in [-0.4, -0.2) is 69.3 Å². The molecule has 2 saturated heterocycles. The van der Waals surface area contributed by atoms with E-state index in [4.69, 9.17) is 9.47 Å². The highest BCUT2D eigenvalue weighted by Gasteiger charge is 2.55. The molecular formula is C35H56N2O7. The van der Waals surface area contributed by atoms with Gasteiger partial charge in [0.05, 0.1) is 11.5 Å². The van der Waals surface area contributed by atoms with Crippen LogP contribution in [0.3, 0.4) is 0 Å². The first-order valence-electron chi connectivity index (χ1n) is 14.7. The first-order valence-corrected chi connectivity index (χ1v) is 14.7. The molecular weight excluding hydrogens is 560 g/mol. The number of carbonyl (C=O) groups excluding carboxylic acids is 5. The number of amides is 3. The Hall–Kier alpha value is -3.49. The van der Waals surface area contributed by atoms with E-state index in [0.29, 0.717) is 25.8 Å². The molecule has 0 radical (unpaired) electrons. The van der Waals surface area contributed by atoms with Crippen molar-refractivity contribution in [2.75, 3.05) is 6.54 Å². The van der Waals surface area contributed by atoms with Crippen LogP contribution in [0.25, 0.3) is 0 Å². The van der Waals surface area contributed by atoms with E-state index in [1.807, 2.05) is 32.9 Å². The zero-order valence-corrected chi connectivity index (χ0v) is 27.5. The van der Waals surface area contributed by atoms with Gasteiger partial charge in [0.2, 0.25) is 5.91 Å². The molecule has 2 heterocycles. The monoisotopic (exact) mass is 616 g/mol. The third-order valence-electron chi connectivity index (χ3n) is 7.46. The Morgan fingerprint density at radius 2 is 1.16 bits per heavy atom. The fraction of sp³-hybridized carbons (Fsp3) is 0.629. The number of nitrogens with zero attached hydrogens (tertiary/aromatic N) is 2. The number of Topliss-reactive ketones (excluding diaryl/α,β-unsaturated/α-hetero) is 2. The van der Waals surface area contributed by atoms with Crippen LogP contribution in [0, 0.1) is 10.8 Å². The van der Waals surface area contributed by atoms with Crippen molar-refractivity contribution in [1.29, 1.82) is 0 Å². The Morgan fingerprint density at radius 3 is 1.52 bits per heavy atom. The lowest BCUT2D eigenvalue weighted by Crippen LogP contribution is -2.46. The van der Waals surface area contributed by atoms with Crippen LogP contribution in [0.4, 0.5) is 9.59 Å². The standard InChI is InChI=1S/C17H25NO4.C17H27NO3.CH4/c1-7-9-17(10-8-2)11-13(12(3)19)18(14(17)20)15(21)22-16(4,5)6;1-7-9-17(10-8-2)11-14(13(3)19)18(12-17)15(20)21-16(4,5)6;/h7-8,13H,1-2,9-11H2,3-6H3;7-8,14H,1-2,9-12H2,3-6H3;1H4/t;14-;/m.0./s1. The SMILES string of the molecule is C.C=CCC1(CC=C)CC(C(C)=O)N(C(=O)OC(C)(C)C)C1=O.C=CCC1(CC=C)C[C@@H](C(C)=O)N(C(=O)OC(C)(C)C)C1. The fourth-order valence-corrected chi connectivity index (χ4v) is 5.69. The van der Waals surface area contributed by atoms with Gasteiger partial charge in [0.1, 0.15) is 17.2 Å². The third kappa shape index (κ3) is 10.6. The van der Waals surface area contributed by atoms with Crippen LogP contribution in [0.2, 0.25) is 0 Å². The lowest BCUT2D eigenvalue weighted by molar-refractivity contribution is -0.137. The van der Waals surface area contributed by atoms with Gasteiger partial charge in [-0.3, -0.25) is 19.3 Å². The average Bonchev–Trinajstić information content (AvgIpc) is 3.35. The molecule has 0 aromatic rings. The zero-order valence-electron chi connectivity index (χ0n) is 27.5. The minimum absolute atomic E-state index is 0. The van der Waals surface area contributed by atoms with Crippen LogP contribution in [-0.2, 0) is 23.9 Å². The Balaban J connectivity index is 0.000000823. The second-order valence-electron chi connectivity index (χ2n) is 13.7. The van der Waals surface area contributed by atoms with Gasteiger partial charge in [0.25, 0.3) is 0 Å². The highest BCUT2D eigenvalue weighted by atomic mass is 16.6. The number of hydrogen-bond donors (Lipinski definition) is 0. The lowest BCUT2D eigenvalue weighted by atomic mass is 9.78. The zero-order chi connectivity index (χ0) is 33.4. The summed E-state index contributed by atoms with van der Waals surface area (Å²) in [6.45, 7) is 29.0. The van der Waals surface area contributed by atoms with Gasteiger partial charge in [-0.05, 0) is 99.3 Å². The van der Waals surface area contributed by atoms with E-state index >= 15 is 0 Å². The van der Waals surface area contributed by atoms with Crippen molar-refractivity contribution in [3.05, 3.63) is 50.6 Å². The van der Waals surface area contributed by atoms with Crippen molar-refractivity contribution in [3.63, 3.8) is 0 Å². The minimum atomic E-state index is -0.837. The molecule has 2 aliphatic rings. The summed E-state index contributed by atoms with van der Waals surface area (Å²) >= 11 is 0. The summed E-state index contributed by atoms with van der Waals surface area (Å²) in [6, 6.07) is -1.21. The van der Waals surface area contributed by atoms with E-state index in [0.717, 1.165) is 17.7 Å². The normalized spacial score (nSPS) is 20.3. The molecule has 1 unspecified atom stereocenters. The van der Waals surface area contributed by atoms with Gasteiger partial charge in [-0.15, -0.1) is 26.3 Å². The van der Waals surface area contributed by atoms with E-state index in [2.05, 4.69) is 26.3 Å². The lowest BCUT2D eigenvalue weighted by Gasteiger charge is -2.29. The molecule has 0 aliphatic carbocycles. The maximum Gasteiger partial charge on any atom is 0.417 e. The van der Waals surface area contributed by atoms with E-state index in [1.165, 1.54) is 13.8 Å². The van der Waals surface area contributed by atoms with Crippen LogP contribution < -0.4 is 0 Å². The number of ketones is 2. The van der Waals surface area contributed by atoms with Gasteiger partial charge in [0, 0.05) is 6.54 Å². The van der Waals surface area contributed by atoms with Gasteiger partial charge in [-0.25, -0.2) is 14.5 Å². The van der Waals surface area contributed by atoms with Gasteiger partial charge in [0.15, 0.2) is 11.6 Å². The maximum absolute atomic E-state index is 12.8. The molecule has 0 bridgehead atoms. The molecule has 2 aliphatic heterocycles. The minimum Gasteiger partial charge on any atom is -0.444 e. The largest absolute Gasteiger partial charge is 0.444 e. The fourth-order valence-electron chi connectivity index (χ4n) is 5.69. The summed E-state index contributed by atoms with van der Waals surface area (Å²) in [5.41, 5.74) is -2.30. The summed E-state index contributed by atoms with van der Waals surface area (Å²) in [7, 11) is 0. The molecule has 9 heteroatoms. The Bertz CT molecular complexity index is 1090. The van der Waals surface area contributed by atoms with Crippen molar-refractivity contribution < 1.29 is 33.4 Å². The molecule has 44 heavy (non-hydrogen) atoms. The Labute approximate surface area is 265 Å². The average molecular weight is 617 g/mol. The van der Waals surface area contributed by atoms with Crippen LogP contribution in [0.15, 0.2) is 50.6 Å². The van der Waals surface area contributed by atoms with Crippen molar-refractivity contribution in [2.24, 2.45) is 10.8 Å². The molecule has 0 aromatic carbocycles. The van der Waals surface area contributed by atoms with Crippen LogP contribution in [0.5, 0.6) is 0 Å². The smallest absolute Gasteiger partial charge is 0.417 e. The number of rotatable bonds is 10. The van der Waals surface area contributed by atoms with Gasteiger partial charge >= 0.3 is 12.2 Å². The summed E-state index contributed by atoms with van der Waals surface area (Å²) in [5, 5.41) is 0. The van der Waals surface area contributed by atoms with Crippen molar-refractivity contribution in [2.45, 2.75) is 125 Å². The highest BCUT2D eigenvalue weighted by Crippen LogP contribution is 2.44. The first kappa shape index (κ1) is 40.5. The van der Waals surface area contributed by atoms with Gasteiger partial charge < -0.3 is 9.47 Å². The Kier molecular flexibility index (Phi) is 14.7. The molecule has 2 atom stereocenters. The van der Waals surface area contributed by atoms with E-state index in [1.54, 1.807) is 37.8 Å². The number of hydrogen-bond acceptors (Lipinski definition) is 7. The van der Waals surface area contributed by atoms with E-state index in [-0.39, 0.29) is 36.7 Å². The van der Waals surface area contributed by atoms with Gasteiger partial charge in [-0.1, -0.05) is 31.7 Å². The summed E-state index contributed by atoms with van der Waals surface area (Å²) in [4.78, 5) is 63.9. The number of imide groups is 1. The first-order chi connectivity index (χ1) is 19.7. The number of carbonyl (C=O) groups is 5. The second-order valence-corrected chi connectivity index (χ2v) is 13.7. The molecule has 9 nitrogen and oxygen atoms in total. The highest BCUT2D eigenvalue weighted by molar-refractivity contribution is 6.03. The molecule has 0 N–H and O–H groups in total. The van der Waals surface area contributed by atoms with E-state index in [9.17, 15) is 24.0 Å². The topological polar surface area (TPSA) is 110 Å². The summed E-state index contributed by atoms with van der Waals surface area (Å²) in [5.74, 6) is -0.619. The Morgan fingerprint density at radius 1 is 0.750 bits per heavy atom. The maximum atomic E-state index is 12.8.